The zero-order valence-electron chi connectivity index (χ0n) is 9.09. The first-order chi connectivity index (χ1) is 7.38. The number of methoxy groups -OCH3 is 1. The van der Waals surface area contributed by atoms with Gasteiger partial charge in [-0.15, -0.1) is 10.2 Å². The van der Waals surface area contributed by atoms with Crippen molar-refractivity contribution in [2.45, 2.75) is 31.7 Å². The number of hydrogen-bond acceptors (Lipinski definition) is 3. The Labute approximate surface area is 89.6 Å². The first-order valence-corrected chi connectivity index (χ1v) is 5.75. The van der Waals surface area contributed by atoms with Crippen molar-refractivity contribution in [3.05, 3.63) is 12.2 Å². The summed E-state index contributed by atoms with van der Waals surface area (Å²) in [5, 5.41) is 8.28. The fourth-order valence-corrected chi connectivity index (χ4v) is 2.87. The summed E-state index contributed by atoms with van der Waals surface area (Å²) in [4.78, 5) is 0. The van der Waals surface area contributed by atoms with Crippen molar-refractivity contribution < 1.29 is 4.74 Å². The van der Waals surface area contributed by atoms with E-state index in [0.717, 1.165) is 25.0 Å². The average molecular weight is 207 g/mol. The third-order valence-electron chi connectivity index (χ3n) is 3.79. The molecule has 0 aliphatic heterocycles. The molecule has 2 unspecified atom stereocenters. The van der Waals surface area contributed by atoms with Crippen LogP contribution in [-0.4, -0.2) is 28.5 Å². The Balaban J connectivity index is 1.70. The Morgan fingerprint density at radius 2 is 2.20 bits per heavy atom. The van der Waals surface area contributed by atoms with Crippen molar-refractivity contribution in [2.24, 2.45) is 11.8 Å². The normalized spacial score (nSPS) is 33.0. The standard InChI is InChI=1S/C11H17N3O/c1-15-3-2-14-7-12-13-11(14)10-5-8-4-9(8)6-10/h7-10H,2-6H2,1H3. The topological polar surface area (TPSA) is 39.9 Å². The van der Waals surface area contributed by atoms with E-state index in [0.29, 0.717) is 5.92 Å². The summed E-state index contributed by atoms with van der Waals surface area (Å²) < 4.78 is 7.24. The largest absolute Gasteiger partial charge is 0.383 e. The molecule has 4 heteroatoms. The minimum atomic E-state index is 0.660. The maximum absolute atomic E-state index is 5.09. The Morgan fingerprint density at radius 3 is 2.93 bits per heavy atom. The quantitative estimate of drug-likeness (QED) is 0.750. The fourth-order valence-electron chi connectivity index (χ4n) is 2.87. The lowest BCUT2D eigenvalue weighted by molar-refractivity contribution is 0.185. The SMILES string of the molecule is COCCn1cnnc1C1CC2CC2C1. The zero-order chi connectivity index (χ0) is 10.3. The zero-order valence-corrected chi connectivity index (χ0v) is 9.09. The van der Waals surface area contributed by atoms with Crippen LogP contribution in [0, 0.1) is 11.8 Å². The van der Waals surface area contributed by atoms with E-state index in [1.165, 1.54) is 25.1 Å². The molecule has 2 fully saturated rings. The van der Waals surface area contributed by atoms with Gasteiger partial charge in [-0.05, 0) is 31.1 Å². The van der Waals surface area contributed by atoms with Crippen LogP contribution >= 0.6 is 0 Å². The van der Waals surface area contributed by atoms with Gasteiger partial charge in [0.1, 0.15) is 12.2 Å². The molecule has 3 rings (SSSR count). The number of ether oxygens (including phenoxy) is 1. The number of fused-ring (bicyclic) bond motifs is 1. The van der Waals surface area contributed by atoms with E-state index in [9.17, 15) is 0 Å². The van der Waals surface area contributed by atoms with Crippen LogP contribution < -0.4 is 0 Å². The van der Waals surface area contributed by atoms with Gasteiger partial charge in [-0.2, -0.15) is 0 Å². The molecule has 4 nitrogen and oxygen atoms in total. The van der Waals surface area contributed by atoms with Gasteiger partial charge < -0.3 is 9.30 Å². The summed E-state index contributed by atoms with van der Waals surface area (Å²) >= 11 is 0. The number of nitrogens with zero attached hydrogens (tertiary/aromatic N) is 3. The summed E-state index contributed by atoms with van der Waals surface area (Å²) in [5.41, 5.74) is 0. The lowest BCUT2D eigenvalue weighted by Crippen LogP contribution is -2.11. The van der Waals surface area contributed by atoms with E-state index >= 15 is 0 Å². The van der Waals surface area contributed by atoms with Gasteiger partial charge >= 0.3 is 0 Å². The summed E-state index contributed by atoms with van der Waals surface area (Å²) in [6.45, 7) is 1.62. The van der Waals surface area contributed by atoms with Crippen molar-refractivity contribution in [2.75, 3.05) is 13.7 Å². The van der Waals surface area contributed by atoms with E-state index in [4.69, 9.17) is 4.74 Å². The first kappa shape index (κ1) is 9.33. The second kappa shape index (κ2) is 3.59. The minimum absolute atomic E-state index is 0.660. The van der Waals surface area contributed by atoms with Crippen LogP contribution in [0.25, 0.3) is 0 Å². The predicted molar refractivity (Wildman–Crippen MR) is 55.5 cm³/mol. The van der Waals surface area contributed by atoms with Gasteiger partial charge in [0, 0.05) is 19.6 Å². The molecule has 82 valence electrons. The first-order valence-electron chi connectivity index (χ1n) is 5.75. The molecule has 2 atom stereocenters. The third-order valence-corrected chi connectivity index (χ3v) is 3.79. The molecule has 1 heterocycles. The van der Waals surface area contributed by atoms with E-state index < -0.39 is 0 Å². The van der Waals surface area contributed by atoms with Gasteiger partial charge in [-0.3, -0.25) is 0 Å². The second-order valence-electron chi connectivity index (χ2n) is 4.80. The Hall–Kier alpha value is -0.900. The van der Waals surface area contributed by atoms with Crippen LogP contribution in [0.1, 0.15) is 31.0 Å². The summed E-state index contributed by atoms with van der Waals surface area (Å²) in [6.07, 6.45) is 5.95. The average Bonchev–Trinajstić information content (AvgIpc) is 2.69. The molecule has 0 radical (unpaired) electrons. The summed E-state index contributed by atoms with van der Waals surface area (Å²) in [5.74, 6) is 3.84. The van der Waals surface area contributed by atoms with Crippen LogP contribution in [0.5, 0.6) is 0 Å². The molecule has 2 saturated carbocycles. The second-order valence-corrected chi connectivity index (χ2v) is 4.80. The van der Waals surface area contributed by atoms with Gasteiger partial charge in [0.05, 0.1) is 6.61 Å². The van der Waals surface area contributed by atoms with Gasteiger partial charge in [-0.1, -0.05) is 0 Å². The highest BCUT2D eigenvalue weighted by atomic mass is 16.5. The van der Waals surface area contributed by atoms with E-state index in [1.807, 2.05) is 6.33 Å². The van der Waals surface area contributed by atoms with Crippen molar-refractivity contribution in [3.63, 3.8) is 0 Å². The Kier molecular flexibility index (Phi) is 2.24. The smallest absolute Gasteiger partial charge is 0.136 e. The predicted octanol–water partition coefficient (Wildman–Crippen LogP) is 1.44. The number of rotatable bonds is 4. The molecule has 2 aliphatic rings. The molecule has 0 amide bonds. The maximum Gasteiger partial charge on any atom is 0.136 e. The third kappa shape index (κ3) is 1.67. The molecule has 0 spiro atoms. The molecule has 0 aromatic carbocycles. The molecule has 2 aliphatic carbocycles. The van der Waals surface area contributed by atoms with Gasteiger partial charge in [0.25, 0.3) is 0 Å². The molecule has 0 N–H and O–H groups in total. The molecule has 1 aromatic heterocycles. The lowest BCUT2D eigenvalue weighted by atomic mass is 10.0. The van der Waals surface area contributed by atoms with E-state index in [-0.39, 0.29) is 0 Å². The van der Waals surface area contributed by atoms with Crippen molar-refractivity contribution in [1.29, 1.82) is 0 Å². The van der Waals surface area contributed by atoms with E-state index in [2.05, 4.69) is 14.8 Å². The highest BCUT2D eigenvalue weighted by molar-refractivity contribution is 5.08. The molecular formula is C11H17N3O. The maximum atomic E-state index is 5.09. The Morgan fingerprint density at radius 1 is 1.40 bits per heavy atom. The monoisotopic (exact) mass is 207 g/mol. The van der Waals surface area contributed by atoms with Crippen molar-refractivity contribution in [1.82, 2.24) is 14.8 Å². The Bertz CT molecular complexity index is 339. The van der Waals surface area contributed by atoms with Crippen LogP contribution in [-0.2, 0) is 11.3 Å². The number of aromatic nitrogens is 3. The molecular weight excluding hydrogens is 190 g/mol. The van der Waals surface area contributed by atoms with E-state index in [1.54, 1.807) is 7.11 Å². The van der Waals surface area contributed by atoms with Crippen LogP contribution in [0.4, 0.5) is 0 Å². The number of hydrogen-bond donors (Lipinski definition) is 0. The molecule has 0 saturated heterocycles. The van der Waals surface area contributed by atoms with Gasteiger partial charge in [-0.25, -0.2) is 0 Å². The van der Waals surface area contributed by atoms with Gasteiger partial charge in [0.2, 0.25) is 0 Å². The highest BCUT2D eigenvalue weighted by Gasteiger charge is 2.47. The molecule has 1 aromatic rings. The van der Waals surface area contributed by atoms with Crippen molar-refractivity contribution in [3.8, 4) is 0 Å². The van der Waals surface area contributed by atoms with Crippen LogP contribution in [0.3, 0.4) is 0 Å². The molecule has 15 heavy (non-hydrogen) atoms. The summed E-state index contributed by atoms with van der Waals surface area (Å²) in [6, 6.07) is 0. The minimum Gasteiger partial charge on any atom is -0.383 e. The van der Waals surface area contributed by atoms with Crippen molar-refractivity contribution >= 4 is 0 Å². The highest BCUT2D eigenvalue weighted by Crippen LogP contribution is 2.57. The van der Waals surface area contributed by atoms with Crippen LogP contribution in [0.15, 0.2) is 6.33 Å². The lowest BCUT2D eigenvalue weighted by Gasteiger charge is -2.12. The fraction of sp³-hybridized carbons (Fsp3) is 0.818. The van der Waals surface area contributed by atoms with Crippen LogP contribution in [0.2, 0.25) is 0 Å². The molecule has 0 bridgehead atoms. The summed E-state index contributed by atoms with van der Waals surface area (Å²) in [7, 11) is 1.73. The van der Waals surface area contributed by atoms with Gasteiger partial charge in [0.15, 0.2) is 0 Å².